The first kappa shape index (κ1) is 12.3. The Morgan fingerprint density at radius 3 is 2.81 bits per heavy atom. The highest BCUT2D eigenvalue weighted by Gasteiger charge is 2.53. The fourth-order valence-corrected chi connectivity index (χ4v) is 4.53. The molecule has 0 radical (unpaired) electrons. The van der Waals surface area contributed by atoms with E-state index in [9.17, 15) is 0 Å². The number of fused-ring (bicyclic) bond motifs is 3. The molecule has 3 aliphatic carbocycles. The molecular weight excluding hydrogens is 256 g/mol. The predicted molar refractivity (Wildman–Crippen MR) is 86.4 cm³/mol. The highest BCUT2D eigenvalue weighted by Crippen LogP contribution is 2.61. The summed E-state index contributed by atoms with van der Waals surface area (Å²) in [6, 6.07) is 9.35. The van der Waals surface area contributed by atoms with Crippen LogP contribution >= 0.6 is 0 Å². The molecule has 1 heterocycles. The van der Waals surface area contributed by atoms with Gasteiger partial charge >= 0.3 is 0 Å². The number of aromatic amines is 1. The first-order valence-electron chi connectivity index (χ1n) is 8.69. The van der Waals surface area contributed by atoms with Gasteiger partial charge in [-0.05, 0) is 67.9 Å². The lowest BCUT2D eigenvalue weighted by molar-refractivity contribution is 0.353. The average molecular weight is 280 g/mol. The Morgan fingerprint density at radius 1 is 1.14 bits per heavy atom. The molecule has 2 N–H and O–H groups in total. The zero-order valence-corrected chi connectivity index (χ0v) is 12.6. The van der Waals surface area contributed by atoms with Gasteiger partial charge in [-0.1, -0.05) is 18.2 Å². The standard InChI is InChI=1S/C19H24N2/c1-2-6-16-14(4-1)15-5-3-7-17(18(15)21-16)20-12-19(10-11-19)13-8-9-13/h1-2,4,6,13,17,20-21H,3,5,7-12H2. The molecule has 1 atom stereocenters. The smallest absolute Gasteiger partial charge is 0.0476 e. The summed E-state index contributed by atoms with van der Waals surface area (Å²) in [6.07, 6.45) is 9.77. The van der Waals surface area contributed by atoms with Crippen LogP contribution in [0.25, 0.3) is 10.9 Å². The highest BCUT2D eigenvalue weighted by molar-refractivity contribution is 5.85. The molecule has 2 saturated carbocycles. The van der Waals surface area contributed by atoms with E-state index in [1.165, 1.54) is 68.1 Å². The van der Waals surface area contributed by atoms with Gasteiger partial charge in [-0.15, -0.1) is 0 Å². The fraction of sp³-hybridized carbons (Fsp3) is 0.579. The second-order valence-electron chi connectivity index (χ2n) is 7.53. The van der Waals surface area contributed by atoms with Crippen LogP contribution in [0.5, 0.6) is 0 Å². The predicted octanol–water partition coefficient (Wildman–Crippen LogP) is 4.33. The SMILES string of the molecule is c1ccc2c3c([nH]c2c1)C(NCC1(C2CC2)CC1)CCC3. The summed E-state index contributed by atoms with van der Waals surface area (Å²) < 4.78 is 0. The van der Waals surface area contributed by atoms with E-state index in [-0.39, 0.29) is 0 Å². The Balaban J connectivity index is 1.42. The van der Waals surface area contributed by atoms with Crippen molar-refractivity contribution >= 4 is 10.9 Å². The zero-order chi connectivity index (χ0) is 13.9. The molecule has 2 heteroatoms. The zero-order valence-electron chi connectivity index (χ0n) is 12.6. The van der Waals surface area contributed by atoms with Crippen molar-refractivity contribution in [2.45, 2.75) is 51.0 Å². The molecule has 0 bridgehead atoms. The molecule has 0 saturated heterocycles. The van der Waals surface area contributed by atoms with Crippen LogP contribution in [0.2, 0.25) is 0 Å². The van der Waals surface area contributed by atoms with Crippen molar-refractivity contribution in [2.24, 2.45) is 11.3 Å². The summed E-state index contributed by atoms with van der Waals surface area (Å²) in [5.41, 5.74) is 5.07. The molecule has 1 aromatic heterocycles. The van der Waals surface area contributed by atoms with Crippen molar-refractivity contribution in [1.82, 2.24) is 10.3 Å². The second kappa shape index (κ2) is 4.36. The minimum Gasteiger partial charge on any atom is -0.357 e. The number of para-hydroxylation sites is 1. The summed E-state index contributed by atoms with van der Waals surface area (Å²) >= 11 is 0. The van der Waals surface area contributed by atoms with E-state index < -0.39 is 0 Å². The van der Waals surface area contributed by atoms with Crippen LogP contribution < -0.4 is 5.32 Å². The fourth-order valence-electron chi connectivity index (χ4n) is 4.53. The molecule has 3 aliphatic rings. The summed E-state index contributed by atoms with van der Waals surface area (Å²) in [6.45, 7) is 1.25. The molecule has 1 aromatic carbocycles. The summed E-state index contributed by atoms with van der Waals surface area (Å²) in [5, 5.41) is 5.38. The summed E-state index contributed by atoms with van der Waals surface area (Å²) in [4.78, 5) is 3.71. The van der Waals surface area contributed by atoms with E-state index in [0.29, 0.717) is 11.5 Å². The number of nitrogens with one attached hydrogen (secondary N) is 2. The van der Waals surface area contributed by atoms with Crippen LogP contribution in [-0.2, 0) is 6.42 Å². The quantitative estimate of drug-likeness (QED) is 0.857. The van der Waals surface area contributed by atoms with Crippen LogP contribution in [0, 0.1) is 11.3 Å². The molecular formula is C19H24N2. The van der Waals surface area contributed by atoms with Crippen LogP contribution in [0.15, 0.2) is 24.3 Å². The first-order chi connectivity index (χ1) is 10.4. The topological polar surface area (TPSA) is 27.8 Å². The van der Waals surface area contributed by atoms with Crippen LogP contribution in [0.3, 0.4) is 0 Å². The molecule has 5 rings (SSSR count). The van der Waals surface area contributed by atoms with Gasteiger partial charge in [0.15, 0.2) is 0 Å². The van der Waals surface area contributed by atoms with Gasteiger partial charge in [-0.3, -0.25) is 0 Å². The molecule has 21 heavy (non-hydrogen) atoms. The van der Waals surface area contributed by atoms with Gasteiger partial charge < -0.3 is 10.3 Å². The van der Waals surface area contributed by atoms with E-state index in [2.05, 4.69) is 34.6 Å². The number of benzene rings is 1. The maximum atomic E-state index is 3.93. The van der Waals surface area contributed by atoms with Gasteiger partial charge in [0, 0.05) is 29.2 Å². The Hall–Kier alpha value is -1.28. The minimum atomic E-state index is 0.553. The van der Waals surface area contributed by atoms with Crippen LogP contribution in [0.4, 0.5) is 0 Å². The average Bonchev–Trinajstić information content (AvgIpc) is 3.41. The van der Waals surface area contributed by atoms with Crippen molar-refractivity contribution in [3.05, 3.63) is 35.5 Å². The maximum absolute atomic E-state index is 3.93. The maximum Gasteiger partial charge on any atom is 0.0476 e. The Kier molecular flexibility index (Phi) is 2.55. The number of aryl methyl sites for hydroxylation is 1. The first-order valence-corrected chi connectivity index (χ1v) is 8.69. The third-order valence-corrected chi connectivity index (χ3v) is 6.15. The van der Waals surface area contributed by atoms with E-state index in [1.54, 1.807) is 5.56 Å². The Morgan fingerprint density at radius 2 is 2.00 bits per heavy atom. The van der Waals surface area contributed by atoms with Gasteiger partial charge in [-0.25, -0.2) is 0 Å². The van der Waals surface area contributed by atoms with E-state index >= 15 is 0 Å². The number of hydrogen-bond acceptors (Lipinski definition) is 1. The van der Waals surface area contributed by atoms with Gasteiger partial charge in [0.05, 0.1) is 0 Å². The molecule has 0 spiro atoms. The lowest BCUT2D eigenvalue weighted by Crippen LogP contribution is -2.31. The minimum absolute atomic E-state index is 0.553. The van der Waals surface area contributed by atoms with Gasteiger partial charge in [0.25, 0.3) is 0 Å². The molecule has 2 fully saturated rings. The monoisotopic (exact) mass is 280 g/mol. The van der Waals surface area contributed by atoms with Gasteiger partial charge in [0.2, 0.25) is 0 Å². The van der Waals surface area contributed by atoms with E-state index in [0.717, 1.165) is 5.92 Å². The van der Waals surface area contributed by atoms with Gasteiger partial charge in [-0.2, -0.15) is 0 Å². The largest absolute Gasteiger partial charge is 0.357 e. The second-order valence-corrected chi connectivity index (χ2v) is 7.53. The third kappa shape index (κ3) is 1.96. The number of H-pyrrole nitrogens is 1. The van der Waals surface area contributed by atoms with E-state index in [4.69, 9.17) is 0 Å². The molecule has 2 aromatic rings. The highest BCUT2D eigenvalue weighted by atomic mass is 15.0. The number of aromatic nitrogens is 1. The Labute approximate surface area is 126 Å². The lowest BCUT2D eigenvalue weighted by Gasteiger charge is -2.26. The molecule has 0 aliphatic heterocycles. The number of rotatable bonds is 4. The summed E-state index contributed by atoms with van der Waals surface area (Å²) in [5.74, 6) is 1.05. The van der Waals surface area contributed by atoms with Crippen LogP contribution in [0.1, 0.15) is 55.8 Å². The molecule has 110 valence electrons. The van der Waals surface area contributed by atoms with Crippen molar-refractivity contribution in [3.8, 4) is 0 Å². The van der Waals surface area contributed by atoms with Crippen molar-refractivity contribution in [3.63, 3.8) is 0 Å². The molecule has 0 amide bonds. The normalized spacial score (nSPS) is 26.8. The van der Waals surface area contributed by atoms with E-state index in [1.807, 2.05) is 0 Å². The third-order valence-electron chi connectivity index (χ3n) is 6.15. The number of hydrogen-bond donors (Lipinski definition) is 2. The lowest BCUT2D eigenvalue weighted by atomic mass is 9.91. The van der Waals surface area contributed by atoms with Crippen molar-refractivity contribution < 1.29 is 0 Å². The van der Waals surface area contributed by atoms with Crippen molar-refractivity contribution in [2.75, 3.05) is 6.54 Å². The van der Waals surface area contributed by atoms with Gasteiger partial charge in [0.1, 0.15) is 0 Å². The van der Waals surface area contributed by atoms with Crippen molar-refractivity contribution in [1.29, 1.82) is 0 Å². The molecule has 2 nitrogen and oxygen atoms in total. The van der Waals surface area contributed by atoms with Crippen LogP contribution in [-0.4, -0.2) is 11.5 Å². The Bertz CT molecular complexity index is 676. The molecule has 1 unspecified atom stereocenters. The summed E-state index contributed by atoms with van der Waals surface area (Å²) in [7, 11) is 0.